The number of nitrogens with zero attached hydrogens (tertiary/aromatic N) is 3. The zero-order valence-corrected chi connectivity index (χ0v) is 11.8. The lowest BCUT2D eigenvalue weighted by Gasteiger charge is -2.13. The maximum Gasteiger partial charge on any atom is 0.234 e. The van der Waals surface area contributed by atoms with Crippen LogP contribution in [0.1, 0.15) is 36.8 Å². The van der Waals surface area contributed by atoms with Crippen LogP contribution < -0.4 is 5.32 Å². The van der Waals surface area contributed by atoms with Crippen LogP contribution in [0.25, 0.3) is 5.78 Å². The van der Waals surface area contributed by atoms with Crippen LogP contribution >= 0.6 is 0 Å². The minimum absolute atomic E-state index is 0.254. The molecule has 0 aliphatic carbocycles. The van der Waals surface area contributed by atoms with Crippen molar-refractivity contribution >= 4 is 5.78 Å². The first-order valence-corrected chi connectivity index (χ1v) is 6.76. The van der Waals surface area contributed by atoms with E-state index in [0.29, 0.717) is 6.04 Å². The largest absolute Gasteiger partial charge is 0.396 e. The number of nitrogens with one attached hydrogen (secondary N) is 1. The summed E-state index contributed by atoms with van der Waals surface area (Å²) in [6.45, 7) is 7.20. The second-order valence-corrected chi connectivity index (χ2v) is 5.07. The average Bonchev–Trinajstić information content (AvgIpc) is 2.77. The second kappa shape index (κ2) is 6.12. The molecule has 2 aromatic heterocycles. The topological polar surface area (TPSA) is 62.5 Å². The van der Waals surface area contributed by atoms with E-state index in [2.05, 4.69) is 39.6 Å². The first-order valence-electron chi connectivity index (χ1n) is 6.76. The summed E-state index contributed by atoms with van der Waals surface area (Å²) in [5.41, 5.74) is 3.27. The zero-order chi connectivity index (χ0) is 13.8. The van der Waals surface area contributed by atoms with Gasteiger partial charge in [-0.1, -0.05) is 0 Å². The molecular formula is C14H22N4O. The Hall–Kier alpha value is -1.46. The Morgan fingerprint density at radius 1 is 1.42 bits per heavy atom. The number of aliphatic hydroxyl groups excluding tert-OH is 1. The van der Waals surface area contributed by atoms with Crippen LogP contribution in [0.5, 0.6) is 0 Å². The summed E-state index contributed by atoms with van der Waals surface area (Å²) in [5.74, 6) is 0.761. The fourth-order valence-corrected chi connectivity index (χ4v) is 2.30. The van der Waals surface area contributed by atoms with E-state index in [1.807, 2.05) is 13.1 Å². The van der Waals surface area contributed by atoms with Gasteiger partial charge < -0.3 is 10.4 Å². The number of imidazole rings is 1. The first kappa shape index (κ1) is 14.0. The minimum Gasteiger partial charge on any atom is -0.396 e. The Morgan fingerprint density at radius 2 is 2.21 bits per heavy atom. The summed E-state index contributed by atoms with van der Waals surface area (Å²) in [7, 11) is 0. The van der Waals surface area contributed by atoms with Crippen molar-refractivity contribution in [3.63, 3.8) is 0 Å². The molecule has 0 saturated heterocycles. The predicted molar refractivity (Wildman–Crippen MR) is 75.1 cm³/mol. The van der Waals surface area contributed by atoms with E-state index in [4.69, 9.17) is 5.11 Å². The van der Waals surface area contributed by atoms with Crippen LogP contribution in [-0.2, 0) is 6.54 Å². The Kier molecular flexibility index (Phi) is 4.50. The molecule has 0 bridgehead atoms. The van der Waals surface area contributed by atoms with E-state index in [-0.39, 0.29) is 6.61 Å². The molecule has 104 valence electrons. The quantitative estimate of drug-likeness (QED) is 0.830. The summed E-state index contributed by atoms with van der Waals surface area (Å²) in [6.07, 6.45) is 3.69. The molecular weight excluding hydrogens is 240 g/mol. The molecule has 0 aliphatic rings. The molecule has 5 heteroatoms. The average molecular weight is 262 g/mol. The van der Waals surface area contributed by atoms with Crippen LogP contribution in [0.3, 0.4) is 0 Å². The molecule has 19 heavy (non-hydrogen) atoms. The number of aryl methyl sites for hydroxylation is 2. The Labute approximate surface area is 113 Å². The predicted octanol–water partition coefficient (Wildman–Crippen LogP) is 1.60. The summed E-state index contributed by atoms with van der Waals surface area (Å²) in [4.78, 5) is 8.78. The van der Waals surface area contributed by atoms with E-state index in [1.54, 1.807) is 0 Å². The summed E-state index contributed by atoms with van der Waals surface area (Å²) >= 11 is 0. The lowest BCUT2D eigenvalue weighted by Crippen LogP contribution is -2.26. The molecule has 0 aliphatic heterocycles. The molecule has 2 N–H and O–H groups in total. The van der Waals surface area contributed by atoms with Crippen molar-refractivity contribution in [1.82, 2.24) is 19.7 Å². The van der Waals surface area contributed by atoms with Crippen LogP contribution in [0.4, 0.5) is 0 Å². The van der Waals surface area contributed by atoms with Gasteiger partial charge in [0.2, 0.25) is 5.78 Å². The van der Waals surface area contributed by atoms with Gasteiger partial charge in [0.1, 0.15) is 0 Å². The van der Waals surface area contributed by atoms with Gasteiger partial charge in [0, 0.05) is 30.6 Å². The van der Waals surface area contributed by atoms with Crippen molar-refractivity contribution in [3.05, 3.63) is 29.3 Å². The SMILES string of the molecule is Cc1cc(C)n2c(CNC(C)CCCO)cnc2n1. The van der Waals surface area contributed by atoms with Crippen LogP contribution in [0, 0.1) is 13.8 Å². The third-order valence-electron chi connectivity index (χ3n) is 3.29. The van der Waals surface area contributed by atoms with Gasteiger partial charge in [0.25, 0.3) is 0 Å². The lowest BCUT2D eigenvalue weighted by atomic mass is 10.2. The smallest absolute Gasteiger partial charge is 0.234 e. The van der Waals surface area contributed by atoms with Gasteiger partial charge in [0.15, 0.2) is 0 Å². The van der Waals surface area contributed by atoms with E-state index < -0.39 is 0 Å². The highest BCUT2D eigenvalue weighted by Gasteiger charge is 2.08. The third kappa shape index (κ3) is 3.30. The first-order chi connectivity index (χ1) is 9.11. The van der Waals surface area contributed by atoms with Gasteiger partial charge in [-0.25, -0.2) is 9.97 Å². The van der Waals surface area contributed by atoms with Gasteiger partial charge >= 0.3 is 0 Å². The standard InChI is InChI=1S/C14H22N4O/c1-10(5-4-6-19)15-8-13-9-16-14-17-11(2)7-12(3)18(13)14/h7,9-10,15,19H,4-6,8H2,1-3H3. The van der Waals surface area contributed by atoms with Crippen molar-refractivity contribution < 1.29 is 5.11 Å². The number of aliphatic hydroxyl groups is 1. The molecule has 0 fully saturated rings. The second-order valence-electron chi connectivity index (χ2n) is 5.07. The van der Waals surface area contributed by atoms with Gasteiger partial charge in [-0.15, -0.1) is 0 Å². The van der Waals surface area contributed by atoms with Gasteiger partial charge in [0.05, 0.1) is 11.9 Å². The molecule has 1 atom stereocenters. The van der Waals surface area contributed by atoms with E-state index >= 15 is 0 Å². The van der Waals surface area contributed by atoms with Crippen molar-refractivity contribution in [2.24, 2.45) is 0 Å². The Bertz CT molecular complexity index is 550. The maximum atomic E-state index is 8.82. The monoisotopic (exact) mass is 262 g/mol. The minimum atomic E-state index is 0.254. The zero-order valence-electron chi connectivity index (χ0n) is 11.8. The Balaban J connectivity index is 2.09. The van der Waals surface area contributed by atoms with Crippen LogP contribution in [-0.4, -0.2) is 32.1 Å². The number of rotatable bonds is 6. The normalized spacial score (nSPS) is 13.1. The third-order valence-corrected chi connectivity index (χ3v) is 3.29. The molecule has 0 spiro atoms. The van der Waals surface area contributed by atoms with Crippen molar-refractivity contribution in [3.8, 4) is 0 Å². The van der Waals surface area contributed by atoms with Crippen LogP contribution in [0.15, 0.2) is 12.3 Å². The molecule has 5 nitrogen and oxygen atoms in total. The fourth-order valence-electron chi connectivity index (χ4n) is 2.30. The van der Waals surface area contributed by atoms with E-state index in [9.17, 15) is 0 Å². The maximum absolute atomic E-state index is 8.82. The van der Waals surface area contributed by atoms with Crippen LogP contribution in [0.2, 0.25) is 0 Å². The fraction of sp³-hybridized carbons (Fsp3) is 0.571. The highest BCUT2D eigenvalue weighted by Crippen LogP contribution is 2.10. The van der Waals surface area contributed by atoms with E-state index in [0.717, 1.165) is 42.2 Å². The van der Waals surface area contributed by atoms with E-state index in [1.165, 1.54) is 0 Å². The number of hydrogen-bond acceptors (Lipinski definition) is 4. The summed E-state index contributed by atoms with van der Waals surface area (Å²) in [5, 5.41) is 12.3. The molecule has 1 unspecified atom stereocenters. The lowest BCUT2D eigenvalue weighted by molar-refractivity contribution is 0.276. The molecule has 2 aromatic rings. The van der Waals surface area contributed by atoms with Crippen molar-refractivity contribution in [1.29, 1.82) is 0 Å². The number of hydrogen-bond donors (Lipinski definition) is 2. The molecule has 2 heterocycles. The molecule has 0 aromatic carbocycles. The highest BCUT2D eigenvalue weighted by molar-refractivity contribution is 5.35. The van der Waals surface area contributed by atoms with Gasteiger partial charge in [-0.2, -0.15) is 0 Å². The highest BCUT2D eigenvalue weighted by atomic mass is 16.2. The Morgan fingerprint density at radius 3 is 2.95 bits per heavy atom. The molecule has 2 rings (SSSR count). The number of aromatic nitrogens is 3. The summed E-state index contributed by atoms with van der Waals surface area (Å²) < 4.78 is 2.08. The molecule has 0 saturated carbocycles. The van der Waals surface area contributed by atoms with Crippen molar-refractivity contribution in [2.75, 3.05) is 6.61 Å². The summed E-state index contributed by atoms with van der Waals surface area (Å²) in [6, 6.07) is 2.45. The molecule has 0 radical (unpaired) electrons. The van der Waals surface area contributed by atoms with Gasteiger partial charge in [-0.3, -0.25) is 4.40 Å². The van der Waals surface area contributed by atoms with Crippen molar-refractivity contribution in [2.45, 2.75) is 46.2 Å². The number of fused-ring (bicyclic) bond motifs is 1. The van der Waals surface area contributed by atoms with Gasteiger partial charge in [-0.05, 0) is 39.7 Å². The molecule has 0 amide bonds.